The number of hydrogen-bond acceptors (Lipinski definition) is 8. The number of pyridine rings is 1. The average molecular weight is 431 g/mol. The molecule has 0 saturated carbocycles. The first kappa shape index (κ1) is 22.3. The summed E-state index contributed by atoms with van der Waals surface area (Å²) in [6.07, 6.45) is 1.42. The minimum absolute atomic E-state index is 0.0900. The van der Waals surface area contributed by atoms with Crippen LogP contribution in [0.3, 0.4) is 0 Å². The minimum atomic E-state index is -0.536. The van der Waals surface area contributed by atoms with Crippen molar-refractivity contribution in [1.82, 2.24) is 24.9 Å². The summed E-state index contributed by atoms with van der Waals surface area (Å²) in [5.74, 6) is 0.338. The zero-order valence-electron chi connectivity index (χ0n) is 18.8. The van der Waals surface area contributed by atoms with Crippen LogP contribution in [0.25, 0.3) is 0 Å². The van der Waals surface area contributed by atoms with Gasteiger partial charge in [-0.15, -0.1) is 10.2 Å². The van der Waals surface area contributed by atoms with E-state index < -0.39 is 11.5 Å². The van der Waals surface area contributed by atoms with Gasteiger partial charge in [0.15, 0.2) is 5.82 Å². The van der Waals surface area contributed by atoms with Crippen molar-refractivity contribution >= 4 is 23.5 Å². The molecule has 0 aliphatic carbocycles. The minimum Gasteiger partial charge on any atom is -0.478 e. The number of carbonyl (C=O) groups is 2. The van der Waals surface area contributed by atoms with Gasteiger partial charge < -0.3 is 24.6 Å². The molecule has 0 atom stereocenters. The Balaban J connectivity index is 1.74. The van der Waals surface area contributed by atoms with E-state index in [-0.39, 0.29) is 17.7 Å². The molecular weight excluding hydrogens is 402 g/mol. The molecule has 2 amide bonds. The highest BCUT2D eigenvalue weighted by molar-refractivity contribution is 6.05. The molecule has 1 fully saturated rings. The number of aromatic nitrogens is 4. The zero-order valence-corrected chi connectivity index (χ0v) is 18.8. The molecule has 3 heterocycles. The third-order valence-corrected chi connectivity index (χ3v) is 4.57. The lowest BCUT2D eigenvalue weighted by molar-refractivity contribution is 0.0240. The van der Waals surface area contributed by atoms with Crippen LogP contribution >= 0.6 is 0 Å². The zero-order chi connectivity index (χ0) is 22.8. The average Bonchev–Trinajstić information content (AvgIpc) is 3.08. The smallest absolute Gasteiger partial charge is 0.410 e. The first-order chi connectivity index (χ1) is 14.6. The molecule has 2 aromatic rings. The molecule has 0 spiro atoms. The predicted octanol–water partition coefficient (Wildman–Crippen LogP) is 1.84. The van der Waals surface area contributed by atoms with Crippen molar-refractivity contribution in [3.8, 4) is 5.88 Å². The molecule has 0 aromatic carbocycles. The van der Waals surface area contributed by atoms with Gasteiger partial charge in [0, 0.05) is 39.4 Å². The van der Waals surface area contributed by atoms with Gasteiger partial charge in [-0.3, -0.25) is 4.79 Å². The number of rotatable bonds is 4. The van der Waals surface area contributed by atoms with Crippen molar-refractivity contribution in [2.24, 2.45) is 7.05 Å². The van der Waals surface area contributed by atoms with Crippen LogP contribution in [0.1, 0.15) is 36.8 Å². The Morgan fingerprint density at radius 2 is 1.81 bits per heavy atom. The van der Waals surface area contributed by atoms with E-state index in [1.165, 1.54) is 11.9 Å². The van der Waals surface area contributed by atoms with E-state index in [0.717, 1.165) is 5.56 Å². The van der Waals surface area contributed by atoms with E-state index in [1.54, 1.807) is 18.1 Å². The van der Waals surface area contributed by atoms with E-state index in [1.807, 2.05) is 38.7 Å². The SMILES string of the molecule is COc1nn(C)nc1C(=O)Nc1cc(C)cnc1N1CCN(C(=O)OC(C)(C)C)CC1. The third kappa shape index (κ3) is 5.41. The maximum absolute atomic E-state index is 12.8. The normalized spacial score (nSPS) is 14.4. The van der Waals surface area contributed by atoms with Crippen LogP contribution in [0.2, 0.25) is 0 Å². The number of anilines is 2. The molecule has 3 rings (SSSR count). The molecule has 1 aliphatic rings. The van der Waals surface area contributed by atoms with Gasteiger partial charge in [0.25, 0.3) is 11.8 Å². The number of methoxy groups -OCH3 is 1. The van der Waals surface area contributed by atoms with Gasteiger partial charge in [-0.2, -0.15) is 4.80 Å². The topological polar surface area (TPSA) is 115 Å². The number of aryl methyl sites for hydroxylation is 2. The van der Waals surface area contributed by atoms with E-state index in [0.29, 0.717) is 37.7 Å². The standard InChI is InChI=1S/C20H29N7O4/c1-13-11-14(22-17(28)15-18(30-6)24-25(5)23-15)16(21-12-13)26-7-9-27(10-8-26)19(29)31-20(2,3)4/h11-12H,7-10H2,1-6H3,(H,22,28). The van der Waals surface area contributed by atoms with Crippen LogP contribution < -0.4 is 15.0 Å². The van der Waals surface area contributed by atoms with Crippen LogP contribution in [-0.4, -0.2) is 75.8 Å². The second-order valence-electron chi connectivity index (χ2n) is 8.34. The fourth-order valence-corrected chi connectivity index (χ4v) is 3.18. The van der Waals surface area contributed by atoms with Gasteiger partial charge in [0.2, 0.25) is 5.69 Å². The Morgan fingerprint density at radius 1 is 1.13 bits per heavy atom. The summed E-state index contributed by atoms with van der Waals surface area (Å²) >= 11 is 0. The predicted molar refractivity (Wildman–Crippen MR) is 115 cm³/mol. The van der Waals surface area contributed by atoms with Crippen molar-refractivity contribution in [2.45, 2.75) is 33.3 Å². The van der Waals surface area contributed by atoms with Crippen LogP contribution in [0.15, 0.2) is 12.3 Å². The highest BCUT2D eigenvalue weighted by Gasteiger charge is 2.28. The Morgan fingerprint density at radius 3 is 2.42 bits per heavy atom. The van der Waals surface area contributed by atoms with Gasteiger partial charge >= 0.3 is 6.09 Å². The van der Waals surface area contributed by atoms with Gasteiger partial charge in [0.05, 0.1) is 12.8 Å². The van der Waals surface area contributed by atoms with Gasteiger partial charge in [0.1, 0.15) is 5.60 Å². The Labute approximate surface area is 181 Å². The largest absolute Gasteiger partial charge is 0.478 e. The molecule has 1 saturated heterocycles. The molecule has 11 heteroatoms. The van der Waals surface area contributed by atoms with Crippen molar-refractivity contribution in [3.05, 3.63) is 23.5 Å². The number of amides is 2. The molecule has 11 nitrogen and oxygen atoms in total. The summed E-state index contributed by atoms with van der Waals surface area (Å²) in [6, 6.07) is 1.85. The number of hydrogen-bond donors (Lipinski definition) is 1. The highest BCUT2D eigenvalue weighted by Crippen LogP contribution is 2.27. The lowest BCUT2D eigenvalue weighted by Gasteiger charge is -2.36. The van der Waals surface area contributed by atoms with Crippen molar-refractivity contribution in [3.63, 3.8) is 0 Å². The quantitative estimate of drug-likeness (QED) is 0.780. The molecule has 0 unspecified atom stereocenters. The maximum Gasteiger partial charge on any atom is 0.410 e. The highest BCUT2D eigenvalue weighted by atomic mass is 16.6. The summed E-state index contributed by atoms with van der Waals surface area (Å²) in [5.41, 5.74) is 1.01. The summed E-state index contributed by atoms with van der Waals surface area (Å²) in [6.45, 7) is 9.55. The molecular formula is C20H29N7O4. The van der Waals surface area contributed by atoms with Crippen molar-refractivity contribution in [2.75, 3.05) is 43.5 Å². The maximum atomic E-state index is 12.8. The summed E-state index contributed by atoms with van der Waals surface area (Å²) in [5, 5.41) is 11.0. The number of carbonyl (C=O) groups excluding carboxylic acids is 2. The molecule has 1 aliphatic heterocycles. The van der Waals surface area contributed by atoms with E-state index in [9.17, 15) is 9.59 Å². The van der Waals surface area contributed by atoms with Crippen molar-refractivity contribution < 1.29 is 19.1 Å². The number of ether oxygens (including phenoxy) is 2. The van der Waals surface area contributed by atoms with Gasteiger partial charge in [-0.25, -0.2) is 9.78 Å². The third-order valence-electron chi connectivity index (χ3n) is 4.57. The number of nitrogens with zero attached hydrogens (tertiary/aromatic N) is 6. The van der Waals surface area contributed by atoms with Crippen molar-refractivity contribution in [1.29, 1.82) is 0 Å². The van der Waals surface area contributed by atoms with Crippen LogP contribution in [0.5, 0.6) is 5.88 Å². The lowest BCUT2D eigenvalue weighted by atomic mass is 10.2. The second kappa shape index (κ2) is 8.78. The summed E-state index contributed by atoms with van der Waals surface area (Å²) in [4.78, 5) is 34.6. The molecule has 31 heavy (non-hydrogen) atoms. The molecule has 168 valence electrons. The molecule has 0 bridgehead atoms. The first-order valence-corrected chi connectivity index (χ1v) is 10.0. The summed E-state index contributed by atoms with van der Waals surface area (Å²) in [7, 11) is 3.05. The fourth-order valence-electron chi connectivity index (χ4n) is 3.18. The molecule has 0 radical (unpaired) electrons. The number of nitrogens with one attached hydrogen (secondary N) is 1. The van der Waals surface area contributed by atoms with E-state index in [4.69, 9.17) is 9.47 Å². The molecule has 1 N–H and O–H groups in total. The van der Waals surface area contributed by atoms with Gasteiger partial charge in [-0.1, -0.05) is 0 Å². The fraction of sp³-hybridized carbons (Fsp3) is 0.550. The van der Waals surface area contributed by atoms with Gasteiger partial charge in [-0.05, 0) is 39.3 Å². The van der Waals surface area contributed by atoms with Crippen LogP contribution in [0.4, 0.5) is 16.3 Å². The van der Waals surface area contributed by atoms with Crippen LogP contribution in [0, 0.1) is 6.92 Å². The van der Waals surface area contributed by atoms with E-state index in [2.05, 4.69) is 20.5 Å². The van der Waals surface area contributed by atoms with E-state index >= 15 is 0 Å². The first-order valence-electron chi connectivity index (χ1n) is 10.0. The van der Waals surface area contributed by atoms with Crippen LogP contribution in [-0.2, 0) is 11.8 Å². The second-order valence-corrected chi connectivity index (χ2v) is 8.34. The Bertz CT molecular complexity index is 959. The monoisotopic (exact) mass is 431 g/mol. The Kier molecular flexibility index (Phi) is 6.32. The Hall–Kier alpha value is -3.37. The molecule has 2 aromatic heterocycles. The number of piperazine rings is 1. The lowest BCUT2D eigenvalue weighted by Crippen LogP contribution is -2.50. The summed E-state index contributed by atoms with van der Waals surface area (Å²) < 4.78 is 10.6.